The van der Waals surface area contributed by atoms with Crippen molar-refractivity contribution in [2.24, 2.45) is 5.92 Å². The average molecular weight is 359 g/mol. The molecule has 0 atom stereocenters. The van der Waals surface area contributed by atoms with Gasteiger partial charge >= 0.3 is 0 Å². The van der Waals surface area contributed by atoms with E-state index in [1.807, 2.05) is 12.1 Å². The number of benzene rings is 1. The van der Waals surface area contributed by atoms with E-state index in [0.29, 0.717) is 35.2 Å². The van der Waals surface area contributed by atoms with E-state index in [2.05, 4.69) is 34.0 Å². The molecule has 7 nitrogen and oxygen atoms in total. The van der Waals surface area contributed by atoms with E-state index >= 15 is 0 Å². The first-order valence-corrected chi connectivity index (χ1v) is 9.18. The van der Waals surface area contributed by atoms with Gasteiger partial charge < -0.3 is 25.4 Å². The fourth-order valence-corrected chi connectivity index (χ4v) is 3.50. The summed E-state index contributed by atoms with van der Waals surface area (Å²) in [6.45, 7) is 7.89. The number of fused-ring (bicyclic) bond motifs is 1. The maximum Gasteiger partial charge on any atom is 0.225 e. The van der Waals surface area contributed by atoms with Crippen LogP contribution in [0.5, 0.6) is 11.5 Å². The molecule has 0 unspecified atom stereocenters. The lowest BCUT2D eigenvalue weighted by molar-refractivity contribution is 0.197. The number of hydrogen-bond donors (Lipinski definition) is 2. The minimum atomic E-state index is 0.371. The van der Waals surface area contributed by atoms with Crippen molar-refractivity contribution in [3.63, 3.8) is 0 Å². The smallest absolute Gasteiger partial charge is 0.225 e. The quantitative estimate of drug-likeness (QED) is 0.820. The van der Waals surface area contributed by atoms with Crippen LogP contribution in [-0.4, -0.2) is 54.8 Å². The summed E-state index contributed by atoms with van der Waals surface area (Å²) < 4.78 is 10.7. The van der Waals surface area contributed by atoms with Crippen LogP contribution in [-0.2, 0) is 0 Å². The third-order valence-electron chi connectivity index (χ3n) is 4.77. The molecule has 1 saturated heterocycles. The largest absolute Gasteiger partial charge is 0.493 e. The molecule has 1 aliphatic heterocycles. The molecule has 142 valence electrons. The molecule has 2 aromatic rings. The van der Waals surface area contributed by atoms with Gasteiger partial charge in [0.05, 0.1) is 19.7 Å². The lowest BCUT2D eigenvalue weighted by Gasteiger charge is -2.33. The monoisotopic (exact) mass is 359 g/mol. The number of aromatic nitrogens is 2. The van der Waals surface area contributed by atoms with E-state index in [-0.39, 0.29) is 0 Å². The summed E-state index contributed by atoms with van der Waals surface area (Å²) in [6, 6.07) is 4.02. The Kier molecular flexibility index (Phi) is 5.66. The van der Waals surface area contributed by atoms with Crippen molar-refractivity contribution in [3.8, 4) is 11.5 Å². The second kappa shape index (κ2) is 7.95. The summed E-state index contributed by atoms with van der Waals surface area (Å²) in [4.78, 5) is 11.6. The van der Waals surface area contributed by atoms with Crippen molar-refractivity contribution in [2.75, 3.05) is 44.9 Å². The number of rotatable bonds is 6. The highest BCUT2D eigenvalue weighted by Gasteiger charge is 2.21. The molecule has 3 rings (SSSR count). The van der Waals surface area contributed by atoms with Gasteiger partial charge in [-0.2, -0.15) is 4.98 Å². The standard InChI is InChI=1S/C19H29N5O2/c1-12(2)11-24-7-5-13(6-8-24)21-19-22-15-10-17(26-4)16(25-3)9-14(15)18(20)23-19/h9-10,12-13H,5-8,11H2,1-4H3,(H3,20,21,22,23). The molecule has 26 heavy (non-hydrogen) atoms. The number of nitrogens with two attached hydrogens (primary N) is 1. The second-order valence-corrected chi connectivity index (χ2v) is 7.27. The van der Waals surface area contributed by atoms with Gasteiger partial charge in [0.1, 0.15) is 5.82 Å². The van der Waals surface area contributed by atoms with E-state index in [1.165, 1.54) is 0 Å². The Morgan fingerprint density at radius 3 is 2.42 bits per heavy atom. The first-order valence-electron chi connectivity index (χ1n) is 9.18. The van der Waals surface area contributed by atoms with Crippen molar-refractivity contribution in [1.82, 2.24) is 14.9 Å². The van der Waals surface area contributed by atoms with Crippen LogP contribution in [0.2, 0.25) is 0 Å². The molecule has 0 saturated carbocycles. The summed E-state index contributed by atoms with van der Waals surface area (Å²) in [5, 5.41) is 4.22. The summed E-state index contributed by atoms with van der Waals surface area (Å²) in [5.74, 6) is 2.97. The molecule has 7 heteroatoms. The van der Waals surface area contributed by atoms with Crippen LogP contribution in [0.25, 0.3) is 10.9 Å². The SMILES string of the molecule is COc1cc2nc(NC3CCN(CC(C)C)CC3)nc(N)c2cc1OC. The Hall–Kier alpha value is -2.28. The van der Waals surface area contributed by atoms with Gasteiger partial charge in [-0.1, -0.05) is 13.8 Å². The molecule has 0 amide bonds. The lowest BCUT2D eigenvalue weighted by Crippen LogP contribution is -2.40. The van der Waals surface area contributed by atoms with Gasteiger partial charge in [0.25, 0.3) is 0 Å². The van der Waals surface area contributed by atoms with Crippen molar-refractivity contribution in [1.29, 1.82) is 0 Å². The molecule has 0 radical (unpaired) electrons. The van der Waals surface area contributed by atoms with E-state index in [1.54, 1.807) is 14.2 Å². The van der Waals surface area contributed by atoms with Gasteiger partial charge in [-0.05, 0) is 24.8 Å². The molecule has 2 heterocycles. The lowest BCUT2D eigenvalue weighted by atomic mass is 10.0. The fourth-order valence-electron chi connectivity index (χ4n) is 3.50. The number of piperidine rings is 1. The molecule has 3 N–H and O–H groups in total. The predicted molar refractivity (Wildman–Crippen MR) is 105 cm³/mol. The highest BCUT2D eigenvalue weighted by atomic mass is 16.5. The second-order valence-electron chi connectivity index (χ2n) is 7.27. The first kappa shape index (κ1) is 18.5. The van der Waals surface area contributed by atoms with Crippen LogP contribution in [0.4, 0.5) is 11.8 Å². The van der Waals surface area contributed by atoms with E-state index in [9.17, 15) is 0 Å². The molecule has 1 aliphatic rings. The van der Waals surface area contributed by atoms with Gasteiger partial charge in [-0.25, -0.2) is 4.98 Å². The number of nitrogens with zero attached hydrogens (tertiary/aromatic N) is 3. The predicted octanol–water partition coefficient (Wildman–Crippen LogP) is 2.76. The fraction of sp³-hybridized carbons (Fsp3) is 0.579. The van der Waals surface area contributed by atoms with Gasteiger partial charge in [0.2, 0.25) is 5.95 Å². The molecular formula is C19H29N5O2. The maximum atomic E-state index is 6.16. The van der Waals surface area contributed by atoms with E-state index in [0.717, 1.165) is 43.4 Å². The van der Waals surface area contributed by atoms with Gasteiger partial charge in [0, 0.05) is 37.1 Å². The number of nitrogens with one attached hydrogen (secondary N) is 1. The third-order valence-corrected chi connectivity index (χ3v) is 4.77. The number of hydrogen-bond acceptors (Lipinski definition) is 7. The average Bonchev–Trinajstić information content (AvgIpc) is 2.62. The van der Waals surface area contributed by atoms with Crippen molar-refractivity contribution in [2.45, 2.75) is 32.7 Å². The molecule has 0 spiro atoms. The van der Waals surface area contributed by atoms with Crippen LogP contribution in [0.15, 0.2) is 12.1 Å². The van der Waals surface area contributed by atoms with Gasteiger partial charge in [0.15, 0.2) is 11.5 Å². The topological polar surface area (TPSA) is 85.5 Å². The number of ether oxygens (including phenoxy) is 2. The molecular weight excluding hydrogens is 330 g/mol. The zero-order valence-electron chi connectivity index (χ0n) is 16.1. The zero-order valence-corrected chi connectivity index (χ0v) is 16.1. The van der Waals surface area contributed by atoms with Crippen molar-refractivity contribution >= 4 is 22.7 Å². The van der Waals surface area contributed by atoms with Crippen molar-refractivity contribution in [3.05, 3.63) is 12.1 Å². The number of anilines is 2. The highest BCUT2D eigenvalue weighted by Crippen LogP contribution is 2.33. The Balaban J connectivity index is 1.75. The number of methoxy groups -OCH3 is 2. The summed E-state index contributed by atoms with van der Waals surface area (Å²) in [5.41, 5.74) is 6.90. The summed E-state index contributed by atoms with van der Waals surface area (Å²) in [6.07, 6.45) is 2.17. The Bertz CT molecular complexity index is 757. The van der Waals surface area contributed by atoms with Crippen LogP contribution < -0.4 is 20.5 Å². The van der Waals surface area contributed by atoms with Crippen LogP contribution in [0.3, 0.4) is 0 Å². The third kappa shape index (κ3) is 4.09. The van der Waals surface area contributed by atoms with Crippen molar-refractivity contribution < 1.29 is 9.47 Å². The Morgan fingerprint density at radius 2 is 1.81 bits per heavy atom. The first-order chi connectivity index (χ1) is 12.5. The molecule has 0 bridgehead atoms. The van der Waals surface area contributed by atoms with Gasteiger partial charge in [-0.15, -0.1) is 0 Å². The minimum Gasteiger partial charge on any atom is -0.493 e. The minimum absolute atomic E-state index is 0.371. The normalized spacial score (nSPS) is 16.2. The number of nitrogen functional groups attached to an aromatic ring is 1. The molecule has 1 aromatic heterocycles. The highest BCUT2D eigenvalue weighted by molar-refractivity contribution is 5.91. The Labute approximate surface area is 154 Å². The van der Waals surface area contributed by atoms with E-state index in [4.69, 9.17) is 15.2 Å². The van der Waals surface area contributed by atoms with E-state index < -0.39 is 0 Å². The van der Waals surface area contributed by atoms with Crippen LogP contribution >= 0.6 is 0 Å². The zero-order chi connectivity index (χ0) is 18.7. The Morgan fingerprint density at radius 1 is 1.15 bits per heavy atom. The summed E-state index contributed by atoms with van der Waals surface area (Å²) in [7, 11) is 3.21. The van der Waals surface area contributed by atoms with Crippen LogP contribution in [0, 0.1) is 5.92 Å². The maximum absolute atomic E-state index is 6.16. The number of likely N-dealkylation sites (tertiary alicyclic amines) is 1. The van der Waals surface area contributed by atoms with Crippen LogP contribution in [0.1, 0.15) is 26.7 Å². The molecule has 0 aliphatic carbocycles. The molecule has 1 fully saturated rings. The van der Waals surface area contributed by atoms with Gasteiger partial charge in [-0.3, -0.25) is 0 Å². The summed E-state index contributed by atoms with van der Waals surface area (Å²) >= 11 is 0. The molecule has 1 aromatic carbocycles.